The van der Waals surface area contributed by atoms with Crippen molar-refractivity contribution in [3.05, 3.63) is 42.0 Å². The molecule has 2 saturated heterocycles. The fraction of sp³-hybridized carbons (Fsp3) is 0.542. The monoisotopic (exact) mass is 441 g/mol. The Morgan fingerprint density at radius 3 is 2.72 bits per heavy atom. The molecule has 2 aliphatic heterocycles. The molecule has 0 spiro atoms. The van der Waals surface area contributed by atoms with Crippen LogP contribution in [0.25, 0.3) is 11.1 Å². The van der Waals surface area contributed by atoms with Crippen LogP contribution in [0, 0.1) is 5.82 Å². The van der Waals surface area contributed by atoms with E-state index in [1.165, 1.54) is 6.07 Å². The van der Waals surface area contributed by atoms with E-state index in [9.17, 15) is 9.18 Å². The van der Waals surface area contributed by atoms with E-state index >= 15 is 0 Å². The zero-order valence-corrected chi connectivity index (χ0v) is 19.0. The molecule has 2 aromatic rings. The van der Waals surface area contributed by atoms with Gasteiger partial charge in [0, 0.05) is 76.5 Å². The average Bonchev–Trinajstić information content (AvgIpc) is 2.83. The number of halogens is 1. The summed E-state index contributed by atoms with van der Waals surface area (Å²) in [6.45, 7) is 5.38. The molecule has 172 valence electrons. The summed E-state index contributed by atoms with van der Waals surface area (Å²) in [5.41, 5.74) is 2.03. The first-order chi connectivity index (χ1) is 15.5. The molecule has 4 rings (SSSR count). The summed E-state index contributed by atoms with van der Waals surface area (Å²) in [7, 11) is 3.79. The molecule has 1 amide bonds. The topological polar surface area (TPSA) is 61.8 Å². The first kappa shape index (κ1) is 22.6. The number of nitrogens with zero attached hydrogens (tertiary/aromatic N) is 5. The summed E-state index contributed by atoms with van der Waals surface area (Å²) in [4.78, 5) is 28.3. The van der Waals surface area contributed by atoms with Gasteiger partial charge in [0.2, 0.25) is 11.9 Å². The standard InChI is InChI=1S/C24H32FN5O2/c1-28(2)24-26-16-20(19-7-3-4-8-21(19)25)23(27-24)18-6-5-10-30(17-18)22(31)9-11-29-12-14-32-15-13-29/h3-4,7-8,16,18H,5-6,9-15,17H2,1-2H3/t18-/m1/s1. The number of aromatic nitrogens is 2. The van der Waals surface area contributed by atoms with Crippen molar-refractivity contribution in [1.82, 2.24) is 19.8 Å². The number of carbonyl (C=O) groups is 1. The van der Waals surface area contributed by atoms with Gasteiger partial charge < -0.3 is 14.5 Å². The first-order valence-electron chi connectivity index (χ1n) is 11.4. The van der Waals surface area contributed by atoms with Crippen LogP contribution in [0.2, 0.25) is 0 Å². The van der Waals surface area contributed by atoms with Gasteiger partial charge in [-0.05, 0) is 18.9 Å². The van der Waals surface area contributed by atoms with Gasteiger partial charge in [-0.25, -0.2) is 14.4 Å². The molecule has 2 aliphatic rings. The molecular formula is C24H32FN5O2. The predicted octanol–water partition coefficient (Wildman–Crippen LogP) is 2.78. The van der Waals surface area contributed by atoms with Crippen LogP contribution in [0.4, 0.5) is 10.3 Å². The van der Waals surface area contributed by atoms with Gasteiger partial charge in [-0.1, -0.05) is 18.2 Å². The number of piperidine rings is 1. The van der Waals surface area contributed by atoms with Crippen molar-refractivity contribution < 1.29 is 13.9 Å². The first-order valence-corrected chi connectivity index (χ1v) is 11.4. The number of likely N-dealkylation sites (tertiary alicyclic amines) is 1. The highest BCUT2D eigenvalue weighted by atomic mass is 19.1. The number of rotatable bonds is 6. The van der Waals surface area contributed by atoms with Crippen molar-refractivity contribution in [2.45, 2.75) is 25.2 Å². The van der Waals surface area contributed by atoms with Crippen molar-refractivity contribution in [3.8, 4) is 11.1 Å². The fourth-order valence-corrected chi connectivity index (χ4v) is 4.46. The maximum atomic E-state index is 14.6. The Bertz CT molecular complexity index is 932. The van der Waals surface area contributed by atoms with Crippen molar-refractivity contribution in [1.29, 1.82) is 0 Å². The van der Waals surface area contributed by atoms with Crippen LogP contribution in [0.15, 0.2) is 30.5 Å². The van der Waals surface area contributed by atoms with E-state index in [-0.39, 0.29) is 17.6 Å². The fourth-order valence-electron chi connectivity index (χ4n) is 4.46. The molecule has 1 aromatic heterocycles. The van der Waals surface area contributed by atoms with Gasteiger partial charge in [-0.15, -0.1) is 0 Å². The molecule has 0 saturated carbocycles. The lowest BCUT2D eigenvalue weighted by Gasteiger charge is -2.34. The number of benzene rings is 1. The van der Waals surface area contributed by atoms with Crippen LogP contribution in [0.5, 0.6) is 0 Å². The van der Waals surface area contributed by atoms with E-state index in [4.69, 9.17) is 9.72 Å². The highest BCUT2D eigenvalue weighted by molar-refractivity contribution is 5.76. The van der Waals surface area contributed by atoms with Gasteiger partial charge in [0.25, 0.3) is 0 Å². The zero-order chi connectivity index (χ0) is 22.5. The van der Waals surface area contributed by atoms with Gasteiger partial charge >= 0.3 is 0 Å². The molecule has 3 heterocycles. The smallest absolute Gasteiger partial charge is 0.225 e. The van der Waals surface area contributed by atoms with Crippen molar-refractivity contribution in [2.24, 2.45) is 0 Å². The zero-order valence-electron chi connectivity index (χ0n) is 19.0. The SMILES string of the molecule is CN(C)c1ncc(-c2ccccc2F)c([C@@H]2CCCN(C(=O)CCN3CCOCC3)C2)n1. The molecule has 2 fully saturated rings. The number of amides is 1. The molecule has 32 heavy (non-hydrogen) atoms. The summed E-state index contributed by atoms with van der Waals surface area (Å²) in [5.74, 6) is 0.531. The Kier molecular flexibility index (Phi) is 7.32. The van der Waals surface area contributed by atoms with E-state index in [0.29, 0.717) is 30.0 Å². The van der Waals surface area contributed by atoms with Crippen molar-refractivity contribution in [2.75, 3.05) is 64.9 Å². The summed E-state index contributed by atoms with van der Waals surface area (Å²) in [6.07, 6.45) is 4.05. The summed E-state index contributed by atoms with van der Waals surface area (Å²) in [5, 5.41) is 0. The molecular weight excluding hydrogens is 409 g/mol. The Hall–Kier alpha value is -2.58. The van der Waals surface area contributed by atoms with Crippen molar-refractivity contribution >= 4 is 11.9 Å². The van der Waals surface area contributed by atoms with Crippen LogP contribution in [0.1, 0.15) is 30.9 Å². The average molecular weight is 442 g/mol. The number of hydrogen-bond acceptors (Lipinski definition) is 6. The van der Waals surface area contributed by atoms with E-state index in [0.717, 1.165) is 57.9 Å². The summed E-state index contributed by atoms with van der Waals surface area (Å²) in [6, 6.07) is 6.73. The number of hydrogen-bond donors (Lipinski definition) is 0. The van der Waals surface area contributed by atoms with Crippen LogP contribution in [-0.2, 0) is 9.53 Å². The lowest BCUT2D eigenvalue weighted by atomic mass is 9.89. The molecule has 1 atom stereocenters. The Balaban J connectivity index is 1.53. The molecule has 0 radical (unpaired) electrons. The third-order valence-electron chi connectivity index (χ3n) is 6.28. The Morgan fingerprint density at radius 2 is 1.97 bits per heavy atom. The minimum absolute atomic E-state index is 0.0485. The third-order valence-corrected chi connectivity index (χ3v) is 6.28. The summed E-state index contributed by atoms with van der Waals surface area (Å²) < 4.78 is 20.0. The molecule has 0 bridgehead atoms. The molecule has 7 nitrogen and oxygen atoms in total. The molecule has 0 N–H and O–H groups in total. The highest BCUT2D eigenvalue weighted by Crippen LogP contribution is 2.35. The van der Waals surface area contributed by atoms with E-state index < -0.39 is 0 Å². The number of carbonyl (C=O) groups excluding carboxylic acids is 1. The summed E-state index contributed by atoms with van der Waals surface area (Å²) >= 11 is 0. The lowest BCUT2D eigenvalue weighted by Crippen LogP contribution is -2.42. The van der Waals surface area contributed by atoms with Crippen LogP contribution >= 0.6 is 0 Å². The molecule has 1 aromatic carbocycles. The highest BCUT2D eigenvalue weighted by Gasteiger charge is 2.29. The van der Waals surface area contributed by atoms with Gasteiger partial charge in [-0.2, -0.15) is 0 Å². The number of morpholine rings is 1. The maximum Gasteiger partial charge on any atom is 0.225 e. The maximum absolute atomic E-state index is 14.6. The minimum Gasteiger partial charge on any atom is -0.379 e. The van der Waals surface area contributed by atoms with E-state index in [1.54, 1.807) is 18.3 Å². The van der Waals surface area contributed by atoms with Gasteiger partial charge in [0.1, 0.15) is 5.82 Å². The van der Waals surface area contributed by atoms with Crippen LogP contribution in [-0.4, -0.2) is 85.7 Å². The quantitative estimate of drug-likeness (QED) is 0.687. The predicted molar refractivity (Wildman–Crippen MR) is 122 cm³/mol. The second-order valence-corrected chi connectivity index (χ2v) is 8.73. The Morgan fingerprint density at radius 1 is 1.19 bits per heavy atom. The largest absolute Gasteiger partial charge is 0.379 e. The third kappa shape index (κ3) is 5.24. The Labute approximate surface area is 189 Å². The molecule has 0 aliphatic carbocycles. The van der Waals surface area contributed by atoms with Crippen LogP contribution in [0.3, 0.4) is 0 Å². The van der Waals surface area contributed by atoms with Crippen molar-refractivity contribution in [3.63, 3.8) is 0 Å². The second kappa shape index (κ2) is 10.4. The number of anilines is 1. The van der Waals surface area contributed by atoms with E-state index in [2.05, 4.69) is 9.88 Å². The number of ether oxygens (including phenoxy) is 1. The van der Waals surface area contributed by atoms with Crippen LogP contribution < -0.4 is 4.90 Å². The second-order valence-electron chi connectivity index (χ2n) is 8.73. The van der Waals surface area contributed by atoms with Gasteiger partial charge in [0.15, 0.2) is 0 Å². The van der Waals surface area contributed by atoms with E-state index in [1.807, 2.05) is 30.0 Å². The van der Waals surface area contributed by atoms with Gasteiger partial charge in [0.05, 0.1) is 18.9 Å². The minimum atomic E-state index is -0.288. The molecule has 0 unspecified atom stereocenters. The normalized spacial score (nSPS) is 19.7. The lowest BCUT2D eigenvalue weighted by molar-refractivity contribution is -0.133. The molecule has 8 heteroatoms. The van der Waals surface area contributed by atoms with Gasteiger partial charge in [-0.3, -0.25) is 9.69 Å².